The Morgan fingerprint density at radius 2 is 1.25 bits per heavy atom. The van der Waals surface area contributed by atoms with Crippen LogP contribution in [-0.2, 0) is 4.74 Å². The van der Waals surface area contributed by atoms with E-state index in [0.29, 0.717) is 7.11 Å². The molecule has 0 aliphatic heterocycles. The Morgan fingerprint density at radius 1 is 0.850 bits per heavy atom. The minimum atomic E-state index is -7.03. The summed E-state index contributed by atoms with van der Waals surface area (Å²) in [7, 11) is 0.647. The Bertz CT molecular complexity index is 328. The molecule has 0 rings (SSSR count). The van der Waals surface area contributed by atoms with E-state index in [4.69, 9.17) is 10.2 Å². The second kappa shape index (κ2) is 5.56. The van der Waals surface area contributed by atoms with Crippen LogP contribution in [0.4, 0.5) is 39.5 Å². The average Bonchev–Trinajstić information content (AvgIpc) is 2.25. The van der Waals surface area contributed by atoms with Crippen molar-refractivity contribution in [2.24, 2.45) is 0 Å². The van der Waals surface area contributed by atoms with Gasteiger partial charge < -0.3 is 14.9 Å². The molecule has 0 radical (unpaired) electrons. The molecule has 0 amide bonds. The summed E-state index contributed by atoms with van der Waals surface area (Å²) in [5, 5.41) is 17.4. The van der Waals surface area contributed by atoms with Gasteiger partial charge in [0.25, 0.3) is 0 Å². The van der Waals surface area contributed by atoms with Crippen LogP contribution in [0, 0.1) is 0 Å². The van der Waals surface area contributed by atoms with Gasteiger partial charge in [-0.05, 0) is 0 Å². The lowest BCUT2D eigenvalue weighted by Gasteiger charge is -2.34. The Balaban J connectivity index is 5.37. The van der Waals surface area contributed by atoms with Crippen molar-refractivity contribution >= 4 is 0 Å². The van der Waals surface area contributed by atoms with E-state index in [2.05, 4.69) is 4.74 Å². The van der Waals surface area contributed by atoms with E-state index in [1.54, 1.807) is 0 Å². The third-order valence-corrected chi connectivity index (χ3v) is 2.25. The van der Waals surface area contributed by atoms with Gasteiger partial charge in [-0.2, -0.15) is 39.5 Å². The Hall–Kier alpha value is -0.750. The summed E-state index contributed by atoms with van der Waals surface area (Å²) in [5.41, 5.74) is 0. The van der Waals surface area contributed by atoms with Crippen molar-refractivity contribution in [3.8, 4) is 0 Å². The van der Waals surface area contributed by atoms with E-state index in [1.165, 1.54) is 0 Å². The largest absolute Gasteiger partial charge is 0.460 e. The minimum Gasteiger partial charge on any atom is -0.388 e. The molecule has 122 valence electrons. The van der Waals surface area contributed by atoms with E-state index in [-0.39, 0.29) is 0 Å². The highest BCUT2D eigenvalue weighted by molar-refractivity contribution is 5.01. The third kappa shape index (κ3) is 3.28. The van der Waals surface area contributed by atoms with Crippen LogP contribution in [0.2, 0.25) is 0 Å². The lowest BCUT2D eigenvalue weighted by Crippen LogP contribution is -2.61. The molecule has 3 nitrogen and oxygen atoms in total. The third-order valence-electron chi connectivity index (χ3n) is 2.25. The first-order valence-electron chi connectivity index (χ1n) is 4.71. The zero-order valence-electron chi connectivity index (χ0n) is 9.57. The molecule has 2 unspecified atom stereocenters. The molecule has 0 saturated carbocycles. The first-order chi connectivity index (χ1) is 8.62. The van der Waals surface area contributed by atoms with Crippen LogP contribution in [0.3, 0.4) is 0 Å². The Morgan fingerprint density at radius 3 is 1.55 bits per heavy atom. The number of alkyl halides is 9. The van der Waals surface area contributed by atoms with Gasteiger partial charge in [-0.15, -0.1) is 0 Å². The zero-order valence-corrected chi connectivity index (χ0v) is 9.57. The van der Waals surface area contributed by atoms with Crippen LogP contribution in [0.5, 0.6) is 0 Å². The van der Waals surface area contributed by atoms with Crippen molar-refractivity contribution < 1.29 is 54.5 Å². The number of hydrogen-bond acceptors (Lipinski definition) is 3. The molecule has 2 N–H and O–H groups in total. The highest BCUT2D eigenvalue weighted by atomic mass is 19.4. The number of methoxy groups -OCH3 is 1. The van der Waals surface area contributed by atoms with Gasteiger partial charge in [-0.25, -0.2) is 0 Å². The van der Waals surface area contributed by atoms with Crippen molar-refractivity contribution in [2.75, 3.05) is 7.11 Å². The molecule has 0 aromatic rings. The predicted molar refractivity (Wildman–Crippen MR) is 44.5 cm³/mol. The van der Waals surface area contributed by atoms with Crippen molar-refractivity contribution in [1.29, 1.82) is 0 Å². The van der Waals surface area contributed by atoms with Gasteiger partial charge in [-0.3, -0.25) is 0 Å². The molecule has 0 bridgehead atoms. The normalized spacial score (nSPS) is 18.0. The van der Waals surface area contributed by atoms with Crippen LogP contribution < -0.4 is 0 Å². The summed E-state index contributed by atoms with van der Waals surface area (Å²) in [5.74, 6) is -19.8. The molecule has 0 spiro atoms. The summed E-state index contributed by atoms with van der Waals surface area (Å²) < 4.78 is 115. The first kappa shape index (κ1) is 19.2. The first-order valence-corrected chi connectivity index (χ1v) is 4.71. The monoisotopic (exact) mass is 324 g/mol. The fourth-order valence-electron chi connectivity index (χ4n) is 1.06. The molecule has 0 aromatic carbocycles. The summed E-state index contributed by atoms with van der Waals surface area (Å²) in [4.78, 5) is 0. The number of aliphatic hydroxyl groups is 2. The SMILES string of the molecule is COC(O)C(O)CC(F)(F)C(F)(F)C(F)(F)C(F)(F)F. The minimum absolute atomic E-state index is 0.647. The number of halogens is 9. The molecule has 0 heterocycles. The van der Waals surface area contributed by atoms with E-state index in [1.807, 2.05) is 0 Å². The summed E-state index contributed by atoms with van der Waals surface area (Å²) in [6.07, 6.45) is -14.8. The molecule has 12 heteroatoms. The fourth-order valence-corrected chi connectivity index (χ4v) is 1.06. The standard InChI is InChI=1S/C8H9F9O3/c1-20-4(19)3(18)2-5(9,10)6(11,12)7(13,14)8(15,16)17/h3-4,18-19H,2H2,1H3. The quantitative estimate of drug-likeness (QED) is 0.582. The maximum atomic E-state index is 12.9. The number of ether oxygens (including phenoxy) is 1. The maximum absolute atomic E-state index is 12.9. The fraction of sp³-hybridized carbons (Fsp3) is 1.00. The molecule has 20 heavy (non-hydrogen) atoms. The van der Waals surface area contributed by atoms with Gasteiger partial charge in [0.05, 0.1) is 0 Å². The Labute approximate surface area is 105 Å². The van der Waals surface area contributed by atoms with Crippen LogP contribution in [0.1, 0.15) is 6.42 Å². The van der Waals surface area contributed by atoms with Gasteiger partial charge in [0.1, 0.15) is 6.10 Å². The highest BCUT2D eigenvalue weighted by Crippen LogP contribution is 2.54. The molecular weight excluding hydrogens is 315 g/mol. The maximum Gasteiger partial charge on any atom is 0.460 e. The van der Waals surface area contributed by atoms with Gasteiger partial charge in [0.15, 0.2) is 6.29 Å². The second-order valence-corrected chi connectivity index (χ2v) is 3.75. The lowest BCUT2D eigenvalue weighted by atomic mass is 9.98. The molecule has 0 aliphatic rings. The number of aliphatic hydroxyl groups excluding tert-OH is 2. The summed E-state index contributed by atoms with van der Waals surface area (Å²) in [6, 6.07) is 0. The van der Waals surface area contributed by atoms with Crippen LogP contribution in [0.25, 0.3) is 0 Å². The molecular formula is C8H9F9O3. The van der Waals surface area contributed by atoms with Gasteiger partial charge >= 0.3 is 23.9 Å². The van der Waals surface area contributed by atoms with E-state index in [9.17, 15) is 39.5 Å². The van der Waals surface area contributed by atoms with E-state index < -0.39 is 42.8 Å². The zero-order chi connectivity index (χ0) is 16.6. The van der Waals surface area contributed by atoms with Crippen molar-refractivity contribution in [1.82, 2.24) is 0 Å². The van der Waals surface area contributed by atoms with Crippen LogP contribution in [0.15, 0.2) is 0 Å². The van der Waals surface area contributed by atoms with E-state index in [0.717, 1.165) is 0 Å². The van der Waals surface area contributed by atoms with Crippen molar-refractivity contribution in [2.45, 2.75) is 42.8 Å². The second-order valence-electron chi connectivity index (χ2n) is 3.75. The topological polar surface area (TPSA) is 49.7 Å². The average molecular weight is 324 g/mol. The van der Waals surface area contributed by atoms with E-state index >= 15 is 0 Å². The van der Waals surface area contributed by atoms with Crippen LogP contribution in [-0.4, -0.2) is 53.7 Å². The van der Waals surface area contributed by atoms with Crippen molar-refractivity contribution in [3.63, 3.8) is 0 Å². The number of hydrogen-bond donors (Lipinski definition) is 2. The van der Waals surface area contributed by atoms with Gasteiger partial charge in [0, 0.05) is 13.5 Å². The lowest BCUT2D eigenvalue weighted by molar-refractivity contribution is -0.399. The molecule has 2 atom stereocenters. The van der Waals surface area contributed by atoms with Gasteiger partial charge in [0.2, 0.25) is 0 Å². The predicted octanol–water partition coefficient (Wildman–Crippen LogP) is 2.17. The molecule has 0 aromatic heterocycles. The van der Waals surface area contributed by atoms with Crippen molar-refractivity contribution in [3.05, 3.63) is 0 Å². The highest BCUT2D eigenvalue weighted by Gasteiger charge is 2.81. The molecule has 0 saturated heterocycles. The molecule has 0 aliphatic carbocycles. The Kier molecular flexibility index (Phi) is 5.35. The summed E-state index contributed by atoms with van der Waals surface area (Å²) >= 11 is 0. The summed E-state index contributed by atoms with van der Waals surface area (Å²) in [6.45, 7) is 0. The van der Waals surface area contributed by atoms with Crippen LogP contribution >= 0.6 is 0 Å². The van der Waals surface area contributed by atoms with Gasteiger partial charge in [-0.1, -0.05) is 0 Å². The molecule has 0 fully saturated rings. The smallest absolute Gasteiger partial charge is 0.388 e. The number of rotatable bonds is 6.